The van der Waals surface area contributed by atoms with Crippen molar-refractivity contribution in [3.05, 3.63) is 54.1 Å². The molecule has 0 saturated heterocycles. The largest absolute Gasteiger partial charge is 0.490 e. The quantitative estimate of drug-likeness (QED) is 0.657. The number of ether oxygens (including phenoxy) is 2. The van der Waals surface area contributed by atoms with Crippen molar-refractivity contribution in [1.82, 2.24) is 4.72 Å². The first-order valence-corrected chi connectivity index (χ1v) is 10.3. The Morgan fingerprint density at radius 2 is 1.64 bits per heavy atom. The van der Waals surface area contributed by atoms with Gasteiger partial charge in [-0.2, -0.15) is 0 Å². The molecule has 0 aliphatic heterocycles. The van der Waals surface area contributed by atoms with Crippen LogP contribution in [0.25, 0.3) is 0 Å². The molecule has 2 aromatic carbocycles. The van der Waals surface area contributed by atoms with Crippen LogP contribution in [0.4, 0.5) is 5.69 Å². The van der Waals surface area contributed by atoms with Crippen molar-refractivity contribution in [2.75, 3.05) is 25.6 Å². The highest BCUT2D eigenvalue weighted by Gasteiger charge is 2.22. The number of benzene rings is 2. The van der Waals surface area contributed by atoms with E-state index in [-0.39, 0.29) is 10.8 Å². The van der Waals surface area contributed by atoms with Gasteiger partial charge in [0.15, 0.2) is 0 Å². The summed E-state index contributed by atoms with van der Waals surface area (Å²) in [5, 5.41) is 2.75. The summed E-state index contributed by atoms with van der Waals surface area (Å²) in [6.07, 6.45) is 0. The van der Waals surface area contributed by atoms with Gasteiger partial charge in [-0.15, -0.1) is 0 Å². The van der Waals surface area contributed by atoms with E-state index < -0.39 is 15.6 Å². The smallest absolute Gasteiger partial charge is 0.259 e. The summed E-state index contributed by atoms with van der Waals surface area (Å²) in [7, 11) is -2.06. The monoisotopic (exact) mass is 406 g/mol. The van der Waals surface area contributed by atoms with Crippen molar-refractivity contribution >= 4 is 21.6 Å². The summed E-state index contributed by atoms with van der Waals surface area (Å²) < 4.78 is 37.8. The van der Waals surface area contributed by atoms with Gasteiger partial charge in [-0.25, -0.2) is 13.1 Å². The van der Waals surface area contributed by atoms with Crippen LogP contribution in [-0.2, 0) is 14.8 Å². The van der Waals surface area contributed by atoms with E-state index in [2.05, 4.69) is 10.0 Å². The van der Waals surface area contributed by atoms with E-state index in [4.69, 9.17) is 9.47 Å². The molecule has 0 radical (unpaired) electrons. The maximum Gasteiger partial charge on any atom is 0.259 e. The van der Waals surface area contributed by atoms with Crippen LogP contribution in [-0.4, -0.2) is 40.2 Å². The first-order chi connectivity index (χ1) is 13.1. The number of carbonyl (C=O) groups is 1. The van der Waals surface area contributed by atoms with Crippen LogP contribution >= 0.6 is 0 Å². The van der Waals surface area contributed by atoms with Gasteiger partial charge >= 0.3 is 0 Å². The number of sulfonamides is 1. The second-order valence-corrected chi connectivity index (χ2v) is 8.85. The highest BCUT2D eigenvalue weighted by molar-refractivity contribution is 7.89. The summed E-state index contributed by atoms with van der Waals surface area (Å²) >= 11 is 0. The van der Waals surface area contributed by atoms with Gasteiger partial charge in [0.2, 0.25) is 10.0 Å². The second kappa shape index (κ2) is 9.18. The van der Waals surface area contributed by atoms with Crippen LogP contribution in [0, 0.1) is 0 Å². The number of hydrogen-bond acceptors (Lipinski definition) is 5. The first kappa shape index (κ1) is 21.9. The van der Waals surface area contributed by atoms with Crippen molar-refractivity contribution in [3.8, 4) is 5.75 Å². The molecule has 0 unspecified atom stereocenters. The van der Waals surface area contributed by atoms with Crippen LogP contribution in [0.2, 0.25) is 0 Å². The summed E-state index contributed by atoms with van der Waals surface area (Å²) in [5.41, 5.74) is 0.272. The van der Waals surface area contributed by atoms with Gasteiger partial charge in [-0.05, 0) is 57.2 Å². The summed E-state index contributed by atoms with van der Waals surface area (Å²) in [6.45, 7) is 6.05. The lowest BCUT2D eigenvalue weighted by atomic mass is 10.1. The Morgan fingerprint density at radius 1 is 1.00 bits per heavy atom. The van der Waals surface area contributed by atoms with Gasteiger partial charge in [0, 0.05) is 18.3 Å². The average Bonchev–Trinajstić information content (AvgIpc) is 2.61. The topological polar surface area (TPSA) is 93.7 Å². The van der Waals surface area contributed by atoms with Crippen LogP contribution in [0.3, 0.4) is 0 Å². The molecular formula is C20H26N2O5S. The highest BCUT2D eigenvalue weighted by Crippen LogP contribution is 2.21. The van der Waals surface area contributed by atoms with Crippen molar-refractivity contribution in [1.29, 1.82) is 0 Å². The van der Waals surface area contributed by atoms with Gasteiger partial charge in [0.25, 0.3) is 5.91 Å². The van der Waals surface area contributed by atoms with Crippen LogP contribution in [0.5, 0.6) is 5.75 Å². The molecule has 2 N–H and O–H groups in total. The molecule has 152 valence electrons. The molecule has 0 fully saturated rings. The third-order valence-corrected chi connectivity index (χ3v) is 5.31. The Hall–Kier alpha value is -2.42. The number of anilines is 1. The number of carbonyl (C=O) groups excluding carboxylic acids is 1. The number of amides is 1. The maximum atomic E-state index is 12.6. The van der Waals surface area contributed by atoms with E-state index in [1.807, 2.05) is 0 Å². The lowest BCUT2D eigenvalue weighted by Crippen LogP contribution is -2.40. The molecule has 0 aliphatic carbocycles. The molecule has 0 atom stereocenters. The Balaban J connectivity index is 2.12. The third kappa shape index (κ3) is 6.33. The average molecular weight is 407 g/mol. The lowest BCUT2D eigenvalue weighted by Gasteiger charge is -2.20. The second-order valence-electron chi connectivity index (χ2n) is 7.17. The normalized spacial score (nSPS) is 11.9. The molecule has 1 amide bonds. The van der Waals surface area contributed by atoms with Gasteiger partial charge in [-0.1, -0.05) is 12.1 Å². The standard InChI is InChI=1S/C20H26N2O5S/c1-20(2,3)22-28(24,25)16-11-9-15(10-12-16)21-19(23)17-7-5-6-8-18(17)27-14-13-26-4/h5-12,22H,13-14H2,1-4H3,(H,21,23). The van der Waals surface area contributed by atoms with Crippen LogP contribution in [0.15, 0.2) is 53.4 Å². The Morgan fingerprint density at radius 3 is 2.25 bits per heavy atom. The molecule has 28 heavy (non-hydrogen) atoms. The highest BCUT2D eigenvalue weighted by atomic mass is 32.2. The van der Waals surface area contributed by atoms with E-state index in [1.54, 1.807) is 64.3 Å². The Labute approximate surface area is 166 Å². The summed E-state index contributed by atoms with van der Waals surface area (Å²) in [5.74, 6) is 0.0991. The van der Waals surface area contributed by atoms with E-state index in [0.717, 1.165) is 0 Å². The minimum Gasteiger partial charge on any atom is -0.490 e. The molecule has 2 aromatic rings. The molecule has 0 heterocycles. The number of hydrogen-bond donors (Lipinski definition) is 2. The Bertz CT molecular complexity index is 903. The molecule has 7 nitrogen and oxygen atoms in total. The van der Waals surface area contributed by atoms with Gasteiger partial charge < -0.3 is 14.8 Å². The van der Waals surface area contributed by atoms with Crippen molar-refractivity contribution in [2.45, 2.75) is 31.2 Å². The fraction of sp³-hybridized carbons (Fsp3) is 0.350. The van der Waals surface area contributed by atoms with E-state index in [1.165, 1.54) is 12.1 Å². The first-order valence-electron chi connectivity index (χ1n) is 8.78. The third-order valence-electron chi connectivity index (χ3n) is 3.54. The molecule has 0 saturated carbocycles. The van der Waals surface area contributed by atoms with E-state index in [9.17, 15) is 13.2 Å². The van der Waals surface area contributed by atoms with Crippen LogP contribution < -0.4 is 14.8 Å². The predicted molar refractivity (Wildman–Crippen MR) is 108 cm³/mol. The predicted octanol–water partition coefficient (Wildman–Crippen LogP) is 3.04. The fourth-order valence-electron chi connectivity index (χ4n) is 2.39. The number of para-hydroxylation sites is 1. The van der Waals surface area contributed by atoms with Crippen molar-refractivity contribution < 1.29 is 22.7 Å². The molecule has 2 rings (SSSR count). The minimum absolute atomic E-state index is 0.128. The zero-order chi connectivity index (χ0) is 20.8. The molecular weight excluding hydrogens is 380 g/mol. The minimum atomic E-state index is -3.63. The molecule has 0 bridgehead atoms. The Kier molecular flexibility index (Phi) is 7.17. The van der Waals surface area contributed by atoms with E-state index in [0.29, 0.717) is 30.2 Å². The fourth-order valence-corrected chi connectivity index (χ4v) is 3.81. The molecule has 0 aromatic heterocycles. The number of nitrogens with one attached hydrogen (secondary N) is 2. The zero-order valence-electron chi connectivity index (χ0n) is 16.5. The number of rotatable bonds is 8. The van der Waals surface area contributed by atoms with Gasteiger partial charge in [0.05, 0.1) is 17.1 Å². The lowest BCUT2D eigenvalue weighted by molar-refractivity contribution is 0.101. The molecule has 0 spiro atoms. The van der Waals surface area contributed by atoms with Crippen LogP contribution in [0.1, 0.15) is 31.1 Å². The van der Waals surface area contributed by atoms with Crippen molar-refractivity contribution in [3.63, 3.8) is 0 Å². The van der Waals surface area contributed by atoms with Crippen molar-refractivity contribution in [2.24, 2.45) is 0 Å². The molecule has 8 heteroatoms. The maximum absolute atomic E-state index is 12.6. The molecule has 0 aliphatic rings. The van der Waals surface area contributed by atoms with Gasteiger partial charge in [0.1, 0.15) is 12.4 Å². The summed E-state index contributed by atoms with van der Waals surface area (Å²) in [4.78, 5) is 12.7. The zero-order valence-corrected chi connectivity index (χ0v) is 17.3. The summed E-state index contributed by atoms with van der Waals surface area (Å²) in [6, 6.07) is 12.9. The number of methoxy groups -OCH3 is 1. The SMILES string of the molecule is COCCOc1ccccc1C(=O)Nc1ccc(S(=O)(=O)NC(C)(C)C)cc1. The van der Waals surface area contributed by atoms with Gasteiger partial charge in [-0.3, -0.25) is 4.79 Å². The van der Waals surface area contributed by atoms with E-state index >= 15 is 0 Å².